The van der Waals surface area contributed by atoms with Crippen LogP contribution in [-0.2, 0) is 6.42 Å². The molecule has 0 spiro atoms. The monoisotopic (exact) mass is 208 g/mol. The summed E-state index contributed by atoms with van der Waals surface area (Å²) in [6.45, 7) is 8.53. The number of rotatable bonds is 3. The Morgan fingerprint density at radius 1 is 1.29 bits per heavy atom. The fourth-order valence-electron chi connectivity index (χ4n) is 1.28. The van der Waals surface area contributed by atoms with Crippen LogP contribution in [0.1, 0.15) is 55.1 Å². The van der Waals surface area contributed by atoms with Crippen LogP contribution < -0.4 is 0 Å². The second-order valence-electron chi connectivity index (χ2n) is 4.00. The van der Waals surface area contributed by atoms with Crippen molar-refractivity contribution in [2.45, 2.75) is 46.0 Å². The van der Waals surface area contributed by atoms with Gasteiger partial charge in [0.2, 0.25) is 0 Å². The Morgan fingerprint density at radius 2 is 1.93 bits per heavy atom. The highest BCUT2D eigenvalue weighted by Crippen LogP contribution is 2.29. The summed E-state index contributed by atoms with van der Waals surface area (Å²) in [6, 6.07) is 2.20. The summed E-state index contributed by atoms with van der Waals surface area (Å²) in [7, 11) is 0. The van der Waals surface area contributed by atoms with Crippen LogP contribution in [-0.4, -0.2) is 4.98 Å². The maximum Gasteiger partial charge on any atom is 0.0956 e. The topological polar surface area (TPSA) is 36.7 Å². The van der Waals surface area contributed by atoms with E-state index in [1.165, 1.54) is 0 Å². The van der Waals surface area contributed by atoms with Gasteiger partial charge in [-0.15, -0.1) is 11.3 Å². The molecule has 0 unspecified atom stereocenters. The molecule has 1 rings (SSSR count). The van der Waals surface area contributed by atoms with Crippen molar-refractivity contribution in [2.24, 2.45) is 0 Å². The van der Waals surface area contributed by atoms with E-state index in [1.807, 2.05) is 0 Å². The zero-order valence-corrected chi connectivity index (χ0v) is 9.98. The van der Waals surface area contributed by atoms with Crippen molar-refractivity contribution < 1.29 is 0 Å². The van der Waals surface area contributed by atoms with E-state index in [2.05, 4.69) is 38.7 Å². The molecule has 0 saturated carbocycles. The summed E-state index contributed by atoms with van der Waals surface area (Å²) in [4.78, 5) is 5.74. The lowest BCUT2D eigenvalue weighted by Gasteiger charge is -2.01. The van der Waals surface area contributed by atoms with E-state index in [0.717, 1.165) is 15.6 Å². The van der Waals surface area contributed by atoms with Crippen LogP contribution in [0.3, 0.4) is 0 Å². The van der Waals surface area contributed by atoms with Gasteiger partial charge in [-0.05, 0) is 5.92 Å². The molecular weight excluding hydrogens is 192 g/mol. The Kier molecular flexibility index (Phi) is 3.65. The van der Waals surface area contributed by atoms with Gasteiger partial charge in [0.15, 0.2) is 0 Å². The van der Waals surface area contributed by atoms with E-state index in [4.69, 9.17) is 5.26 Å². The summed E-state index contributed by atoms with van der Waals surface area (Å²) < 4.78 is 0. The summed E-state index contributed by atoms with van der Waals surface area (Å²) >= 11 is 1.69. The average Bonchev–Trinajstić information content (AvgIpc) is 2.49. The average molecular weight is 208 g/mol. The van der Waals surface area contributed by atoms with Gasteiger partial charge in [-0.2, -0.15) is 5.26 Å². The Hall–Kier alpha value is -0.880. The first kappa shape index (κ1) is 11.2. The van der Waals surface area contributed by atoms with E-state index in [0.29, 0.717) is 18.3 Å². The van der Waals surface area contributed by atoms with E-state index in [9.17, 15) is 0 Å². The highest BCUT2D eigenvalue weighted by Gasteiger charge is 2.15. The van der Waals surface area contributed by atoms with Gasteiger partial charge in [0.25, 0.3) is 0 Å². The molecule has 0 atom stereocenters. The quantitative estimate of drug-likeness (QED) is 0.762. The molecule has 0 fully saturated rings. The molecule has 1 aromatic heterocycles. The van der Waals surface area contributed by atoms with Crippen molar-refractivity contribution in [1.82, 2.24) is 4.98 Å². The maximum absolute atomic E-state index is 8.70. The summed E-state index contributed by atoms with van der Waals surface area (Å²) in [5.74, 6) is 0.882. The minimum atomic E-state index is 0.419. The van der Waals surface area contributed by atoms with Crippen LogP contribution in [0.25, 0.3) is 0 Å². The van der Waals surface area contributed by atoms with Gasteiger partial charge < -0.3 is 0 Å². The molecule has 0 saturated heterocycles. The van der Waals surface area contributed by atoms with E-state index in [1.54, 1.807) is 11.3 Å². The molecule has 0 N–H and O–H groups in total. The van der Waals surface area contributed by atoms with E-state index >= 15 is 0 Å². The highest BCUT2D eigenvalue weighted by atomic mass is 32.1. The molecule has 2 nitrogen and oxygen atoms in total. The molecule has 0 aromatic carbocycles. The molecule has 0 aliphatic heterocycles. The number of hydrogen-bond acceptors (Lipinski definition) is 3. The van der Waals surface area contributed by atoms with Gasteiger partial charge in [0.05, 0.1) is 23.2 Å². The fraction of sp³-hybridized carbons (Fsp3) is 0.636. The Morgan fingerprint density at radius 3 is 2.36 bits per heavy atom. The third-order valence-electron chi connectivity index (χ3n) is 2.02. The second kappa shape index (κ2) is 4.56. The molecular formula is C11H16N2S. The molecule has 1 heterocycles. The van der Waals surface area contributed by atoms with Gasteiger partial charge in [-0.3, -0.25) is 0 Å². The molecule has 1 aromatic rings. The maximum atomic E-state index is 8.70. The van der Waals surface area contributed by atoms with E-state index in [-0.39, 0.29) is 0 Å². The first-order valence-electron chi connectivity index (χ1n) is 4.92. The van der Waals surface area contributed by atoms with Crippen molar-refractivity contribution in [3.63, 3.8) is 0 Å². The minimum absolute atomic E-state index is 0.419. The summed E-state index contributed by atoms with van der Waals surface area (Å²) in [5, 5.41) is 9.85. The standard InChI is InChI=1S/C11H16N2S/c1-7(2)10-9(5-6-12)14-11(13-10)8(3)4/h7-8H,5H2,1-4H3. The number of aromatic nitrogens is 1. The molecule has 3 heteroatoms. The largest absolute Gasteiger partial charge is 0.245 e. The minimum Gasteiger partial charge on any atom is -0.245 e. The Bertz CT molecular complexity index is 345. The molecule has 76 valence electrons. The predicted octanol–water partition coefficient (Wildman–Crippen LogP) is 3.46. The van der Waals surface area contributed by atoms with Crippen LogP contribution in [0, 0.1) is 11.3 Å². The smallest absolute Gasteiger partial charge is 0.0956 e. The number of nitriles is 1. The first-order valence-corrected chi connectivity index (χ1v) is 5.74. The van der Waals surface area contributed by atoms with Crippen LogP contribution in [0.15, 0.2) is 0 Å². The van der Waals surface area contributed by atoms with Crippen molar-refractivity contribution in [3.05, 3.63) is 15.6 Å². The van der Waals surface area contributed by atoms with Crippen LogP contribution in [0.5, 0.6) is 0 Å². The van der Waals surface area contributed by atoms with Crippen LogP contribution >= 0.6 is 11.3 Å². The lowest BCUT2D eigenvalue weighted by atomic mass is 10.1. The Balaban J connectivity index is 3.07. The first-order chi connectivity index (χ1) is 6.56. The molecule has 0 aliphatic carbocycles. The predicted molar refractivity (Wildman–Crippen MR) is 59.6 cm³/mol. The second-order valence-corrected chi connectivity index (χ2v) is 5.12. The lowest BCUT2D eigenvalue weighted by Crippen LogP contribution is -1.93. The van der Waals surface area contributed by atoms with Gasteiger partial charge in [-0.1, -0.05) is 27.7 Å². The van der Waals surface area contributed by atoms with Crippen molar-refractivity contribution in [2.75, 3.05) is 0 Å². The number of hydrogen-bond donors (Lipinski definition) is 0. The third kappa shape index (κ3) is 2.33. The van der Waals surface area contributed by atoms with Gasteiger partial charge in [0, 0.05) is 10.8 Å². The van der Waals surface area contributed by atoms with Crippen molar-refractivity contribution >= 4 is 11.3 Å². The van der Waals surface area contributed by atoms with Gasteiger partial charge in [0.1, 0.15) is 0 Å². The normalized spacial score (nSPS) is 10.9. The molecule has 14 heavy (non-hydrogen) atoms. The zero-order valence-electron chi connectivity index (χ0n) is 9.16. The van der Waals surface area contributed by atoms with Crippen molar-refractivity contribution in [1.29, 1.82) is 5.26 Å². The molecule has 0 radical (unpaired) electrons. The lowest BCUT2D eigenvalue weighted by molar-refractivity contribution is 0.786. The summed E-state index contributed by atoms with van der Waals surface area (Å²) in [5.41, 5.74) is 1.11. The van der Waals surface area contributed by atoms with Gasteiger partial charge in [-0.25, -0.2) is 4.98 Å². The van der Waals surface area contributed by atoms with Crippen LogP contribution in [0.2, 0.25) is 0 Å². The zero-order chi connectivity index (χ0) is 10.7. The fourth-order valence-corrected chi connectivity index (χ4v) is 2.43. The molecule has 0 amide bonds. The Labute approximate surface area is 89.6 Å². The SMILES string of the molecule is CC(C)c1nc(C(C)C)c(CC#N)s1. The van der Waals surface area contributed by atoms with Gasteiger partial charge >= 0.3 is 0 Å². The molecule has 0 bridgehead atoms. The number of thiazole rings is 1. The molecule has 0 aliphatic rings. The van der Waals surface area contributed by atoms with Crippen molar-refractivity contribution in [3.8, 4) is 6.07 Å². The third-order valence-corrected chi connectivity index (χ3v) is 3.40. The van der Waals surface area contributed by atoms with Crippen LogP contribution in [0.4, 0.5) is 0 Å². The van der Waals surface area contributed by atoms with E-state index < -0.39 is 0 Å². The number of nitrogens with zero attached hydrogens (tertiary/aromatic N) is 2. The summed E-state index contributed by atoms with van der Waals surface area (Å²) in [6.07, 6.45) is 0.498. The highest BCUT2D eigenvalue weighted by molar-refractivity contribution is 7.11.